The zero-order valence-electron chi connectivity index (χ0n) is 12.4. The largest absolute Gasteiger partial charge is 0.497 e. The van der Waals surface area contributed by atoms with Gasteiger partial charge in [-0.05, 0) is 24.3 Å². The monoisotopic (exact) mass is 323 g/mol. The Morgan fingerprint density at radius 2 is 2.26 bits per heavy atom. The van der Waals surface area contributed by atoms with Gasteiger partial charge in [0.15, 0.2) is 0 Å². The third-order valence-electron chi connectivity index (χ3n) is 3.48. The highest BCUT2D eigenvalue weighted by atomic mass is 32.1. The molecule has 23 heavy (non-hydrogen) atoms. The summed E-state index contributed by atoms with van der Waals surface area (Å²) < 4.78 is 11.0. The van der Waals surface area contributed by atoms with Crippen LogP contribution in [0.15, 0.2) is 47.6 Å². The van der Waals surface area contributed by atoms with Crippen LogP contribution >= 0.6 is 11.3 Å². The molecule has 0 radical (unpaired) electrons. The Labute approximate surface area is 137 Å². The van der Waals surface area contributed by atoms with Crippen LogP contribution in [0.4, 0.5) is 5.13 Å². The van der Waals surface area contributed by atoms with Gasteiger partial charge in [0.25, 0.3) is 0 Å². The van der Waals surface area contributed by atoms with Crippen molar-refractivity contribution in [1.82, 2.24) is 9.97 Å². The fraction of sp³-hybridized carbons (Fsp3) is 0.118. The minimum Gasteiger partial charge on any atom is -0.497 e. The lowest BCUT2D eigenvalue weighted by Crippen LogP contribution is -2.03. The van der Waals surface area contributed by atoms with E-state index in [1.54, 1.807) is 19.5 Å². The van der Waals surface area contributed by atoms with E-state index in [-0.39, 0.29) is 0 Å². The van der Waals surface area contributed by atoms with E-state index in [2.05, 4.69) is 15.0 Å². The minimum atomic E-state index is 0.506. The van der Waals surface area contributed by atoms with E-state index in [0.717, 1.165) is 33.3 Å². The Hall–Kier alpha value is -2.73. The maximum atomic E-state index is 5.79. The molecule has 3 heterocycles. The van der Waals surface area contributed by atoms with Crippen molar-refractivity contribution < 1.29 is 9.47 Å². The fourth-order valence-corrected chi connectivity index (χ4v) is 3.20. The summed E-state index contributed by atoms with van der Waals surface area (Å²) in [6, 6.07) is 11.5. The molecule has 0 saturated heterocycles. The average Bonchev–Trinajstić information content (AvgIpc) is 3.04. The molecule has 0 amide bonds. The number of rotatable bonds is 3. The highest BCUT2D eigenvalue weighted by Crippen LogP contribution is 2.42. The van der Waals surface area contributed by atoms with Gasteiger partial charge in [0, 0.05) is 17.8 Å². The van der Waals surface area contributed by atoms with Gasteiger partial charge in [0.2, 0.25) is 5.13 Å². The van der Waals surface area contributed by atoms with Crippen molar-refractivity contribution in [3.05, 3.63) is 53.2 Å². The van der Waals surface area contributed by atoms with Gasteiger partial charge in [-0.3, -0.25) is 4.98 Å². The van der Waals surface area contributed by atoms with Crippen LogP contribution in [0, 0.1) is 0 Å². The lowest BCUT2D eigenvalue weighted by atomic mass is 10.1. The van der Waals surface area contributed by atoms with E-state index in [1.807, 2.05) is 36.4 Å². The van der Waals surface area contributed by atoms with Crippen LogP contribution < -0.4 is 9.47 Å². The predicted octanol–water partition coefficient (Wildman–Crippen LogP) is 3.86. The molecular weight excluding hydrogens is 310 g/mol. The van der Waals surface area contributed by atoms with Gasteiger partial charge in [-0.15, -0.1) is 0 Å². The number of aliphatic imine (C=N–C) groups is 1. The van der Waals surface area contributed by atoms with Crippen molar-refractivity contribution in [2.45, 2.75) is 6.61 Å². The van der Waals surface area contributed by atoms with Crippen molar-refractivity contribution in [3.63, 3.8) is 0 Å². The maximum absolute atomic E-state index is 5.79. The number of benzene rings is 1. The van der Waals surface area contributed by atoms with Crippen molar-refractivity contribution in [3.8, 4) is 22.8 Å². The number of pyridine rings is 1. The molecule has 4 rings (SSSR count). The third-order valence-corrected chi connectivity index (χ3v) is 4.42. The van der Waals surface area contributed by atoms with E-state index < -0.39 is 0 Å². The van der Waals surface area contributed by atoms with Crippen molar-refractivity contribution in [2.24, 2.45) is 4.99 Å². The molecule has 0 spiro atoms. The zero-order valence-corrected chi connectivity index (χ0v) is 13.2. The molecular formula is C17H13N3O2S. The summed E-state index contributed by atoms with van der Waals surface area (Å²) >= 11 is 1.54. The summed E-state index contributed by atoms with van der Waals surface area (Å²) in [5, 5.41) is 0.702. The van der Waals surface area contributed by atoms with Crippen LogP contribution in [-0.2, 0) is 6.61 Å². The standard InChI is InChI=1S/C17H13N3O2S/c1-21-12-5-6-13-14(8-12)22-10-15-16(13)20-17(23-15)19-9-11-4-2-3-7-18-11/h2-9H,10H2,1H3. The summed E-state index contributed by atoms with van der Waals surface area (Å²) in [6.07, 6.45) is 3.46. The molecule has 0 N–H and O–H groups in total. The quantitative estimate of drug-likeness (QED) is 0.687. The first-order valence-corrected chi connectivity index (χ1v) is 7.91. The molecule has 114 valence electrons. The van der Waals surface area contributed by atoms with Crippen LogP contribution in [0.3, 0.4) is 0 Å². The molecule has 0 fully saturated rings. The van der Waals surface area contributed by atoms with Crippen molar-refractivity contribution in [1.29, 1.82) is 0 Å². The number of hydrogen-bond acceptors (Lipinski definition) is 6. The zero-order chi connectivity index (χ0) is 15.6. The fourth-order valence-electron chi connectivity index (χ4n) is 2.36. The molecule has 1 aromatic carbocycles. The number of ether oxygens (including phenoxy) is 2. The van der Waals surface area contributed by atoms with E-state index in [4.69, 9.17) is 9.47 Å². The second-order valence-corrected chi connectivity index (χ2v) is 5.99. The summed E-state index contributed by atoms with van der Waals surface area (Å²) in [4.78, 5) is 14.4. The van der Waals surface area contributed by atoms with Crippen LogP contribution in [-0.4, -0.2) is 23.3 Å². The van der Waals surface area contributed by atoms with E-state index >= 15 is 0 Å². The Morgan fingerprint density at radius 3 is 3.09 bits per heavy atom. The summed E-state index contributed by atoms with van der Waals surface area (Å²) in [7, 11) is 1.64. The SMILES string of the molecule is COc1ccc2c(c1)OCc1sc(N=Cc3ccccn3)nc1-2. The summed E-state index contributed by atoms with van der Waals surface area (Å²) in [5.41, 5.74) is 2.72. The molecule has 0 atom stereocenters. The summed E-state index contributed by atoms with van der Waals surface area (Å²) in [6.45, 7) is 0.506. The van der Waals surface area contributed by atoms with Crippen molar-refractivity contribution in [2.75, 3.05) is 7.11 Å². The van der Waals surface area contributed by atoms with Crippen LogP contribution in [0.25, 0.3) is 11.3 Å². The Balaban J connectivity index is 1.67. The lowest BCUT2D eigenvalue weighted by molar-refractivity contribution is 0.303. The molecule has 0 unspecified atom stereocenters. The van der Waals surface area contributed by atoms with E-state index in [1.165, 1.54) is 11.3 Å². The van der Waals surface area contributed by atoms with Gasteiger partial charge >= 0.3 is 0 Å². The highest BCUT2D eigenvalue weighted by Gasteiger charge is 2.22. The molecule has 1 aliphatic rings. The maximum Gasteiger partial charge on any atom is 0.210 e. The summed E-state index contributed by atoms with van der Waals surface area (Å²) in [5.74, 6) is 1.57. The smallest absolute Gasteiger partial charge is 0.210 e. The number of thiazole rings is 1. The molecule has 0 aliphatic carbocycles. The first kappa shape index (κ1) is 13.9. The van der Waals surface area contributed by atoms with Gasteiger partial charge in [-0.25, -0.2) is 9.98 Å². The number of aromatic nitrogens is 2. The first-order valence-electron chi connectivity index (χ1n) is 7.09. The van der Waals surface area contributed by atoms with Gasteiger partial charge in [0.05, 0.1) is 29.6 Å². The number of nitrogens with zero attached hydrogens (tertiary/aromatic N) is 3. The average molecular weight is 323 g/mol. The van der Waals surface area contributed by atoms with Gasteiger partial charge < -0.3 is 9.47 Å². The lowest BCUT2D eigenvalue weighted by Gasteiger charge is -2.16. The van der Waals surface area contributed by atoms with Gasteiger partial charge in [0.1, 0.15) is 18.1 Å². The number of methoxy groups -OCH3 is 1. The van der Waals surface area contributed by atoms with Gasteiger partial charge in [-0.1, -0.05) is 17.4 Å². The molecule has 1 aliphatic heterocycles. The molecule has 3 aromatic rings. The molecule has 5 nitrogen and oxygen atoms in total. The molecule has 0 saturated carbocycles. The third kappa shape index (κ3) is 2.68. The van der Waals surface area contributed by atoms with Crippen LogP contribution in [0.1, 0.15) is 10.6 Å². The predicted molar refractivity (Wildman–Crippen MR) is 89.9 cm³/mol. The second-order valence-electron chi connectivity index (χ2n) is 4.93. The van der Waals surface area contributed by atoms with E-state index in [9.17, 15) is 0 Å². The van der Waals surface area contributed by atoms with E-state index in [0.29, 0.717) is 11.7 Å². The first-order chi connectivity index (χ1) is 11.3. The molecule has 0 bridgehead atoms. The number of fused-ring (bicyclic) bond motifs is 3. The van der Waals surface area contributed by atoms with Crippen molar-refractivity contribution >= 4 is 22.7 Å². The minimum absolute atomic E-state index is 0.506. The number of hydrogen-bond donors (Lipinski definition) is 0. The Kier molecular flexibility index (Phi) is 3.51. The molecule has 2 aromatic heterocycles. The van der Waals surface area contributed by atoms with Crippen LogP contribution in [0.5, 0.6) is 11.5 Å². The molecule has 6 heteroatoms. The highest BCUT2D eigenvalue weighted by molar-refractivity contribution is 7.15. The Morgan fingerprint density at radius 1 is 1.30 bits per heavy atom. The normalized spacial score (nSPS) is 12.6. The topological polar surface area (TPSA) is 56.6 Å². The Bertz CT molecular complexity index is 875. The van der Waals surface area contributed by atoms with Crippen LogP contribution in [0.2, 0.25) is 0 Å². The van der Waals surface area contributed by atoms with Gasteiger partial charge in [-0.2, -0.15) is 0 Å². The second kappa shape index (κ2) is 5.81.